The van der Waals surface area contributed by atoms with E-state index in [0.29, 0.717) is 12.3 Å². The van der Waals surface area contributed by atoms with Gasteiger partial charge in [0, 0.05) is 25.5 Å². The van der Waals surface area contributed by atoms with Crippen molar-refractivity contribution in [3.63, 3.8) is 0 Å². The Morgan fingerprint density at radius 2 is 2.29 bits per heavy atom. The number of nitrogens with zero attached hydrogens (tertiary/aromatic N) is 2. The molecule has 94 valence electrons. The Morgan fingerprint density at radius 3 is 2.88 bits per heavy atom. The molecule has 5 nitrogen and oxygen atoms in total. The molecular weight excluding hydrogens is 216 g/mol. The molecule has 0 saturated carbocycles. The first-order valence-corrected chi connectivity index (χ1v) is 5.64. The predicted molar refractivity (Wildman–Crippen MR) is 69.6 cm³/mol. The third-order valence-corrected chi connectivity index (χ3v) is 2.34. The smallest absolute Gasteiger partial charge is 0.141 e. The molecule has 1 heterocycles. The molecule has 0 aliphatic heterocycles. The van der Waals surface area contributed by atoms with Crippen LogP contribution in [0.5, 0.6) is 0 Å². The van der Waals surface area contributed by atoms with E-state index in [2.05, 4.69) is 9.88 Å². The molecule has 0 radical (unpaired) electrons. The van der Waals surface area contributed by atoms with Crippen LogP contribution in [0.25, 0.3) is 0 Å². The van der Waals surface area contributed by atoms with Gasteiger partial charge < -0.3 is 15.4 Å². The highest BCUT2D eigenvalue weighted by Gasteiger charge is 2.04. The summed E-state index contributed by atoms with van der Waals surface area (Å²) in [6, 6.07) is 3.69. The Labute approximate surface area is 102 Å². The number of likely N-dealkylation sites (N-methyl/N-ethyl adjacent to an activating group) is 1. The maximum absolute atomic E-state index is 7.34. The first-order chi connectivity index (χ1) is 8.00. The van der Waals surface area contributed by atoms with Crippen molar-refractivity contribution < 1.29 is 4.74 Å². The van der Waals surface area contributed by atoms with Crippen LogP contribution in [0.15, 0.2) is 18.3 Å². The maximum Gasteiger partial charge on any atom is 0.141 e. The second-order valence-electron chi connectivity index (χ2n) is 4.15. The van der Waals surface area contributed by atoms with Crippen LogP contribution in [0.3, 0.4) is 0 Å². The lowest BCUT2D eigenvalue weighted by Crippen LogP contribution is -2.24. The standard InChI is InChI=1S/C12H20N4O/c1-9(2)17-7-6-16(3)10-4-5-15-11(8-10)12(13)14/h4-5,8-9H,6-7H2,1-3H3,(H3,13,14). The summed E-state index contributed by atoms with van der Waals surface area (Å²) in [5.74, 6) is -0.0151. The Balaban J connectivity index is 2.59. The van der Waals surface area contributed by atoms with Crippen molar-refractivity contribution in [2.75, 3.05) is 25.1 Å². The van der Waals surface area contributed by atoms with Crippen LogP contribution in [0.2, 0.25) is 0 Å². The first-order valence-electron chi connectivity index (χ1n) is 5.64. The molecule has 0 amide bonds. The van der Waals surface area contributed by atoms with E-state index in [-0.39, 0.29) is 11.9 Å². The lowest BCUT2D eigenvalue weighted by Gasteiger charge is -2.20. The molecule has 3 N–H and O–H groups in total. The number of rotatable bonds is 6. The molecule has 5 heteroatoms. The number of anilines is 1. The number of pyridine rings is 1. The Morgan fingerprint density at radius 1 is 1.59 bits per heavy atom. The number of nitrogen functional groups attached to an aromatic ring is 1. The number of aromatic nitrogens is 1. The highest BCUT2D eigenvalue weighted by molar-refractivity contribution is 5.93. The van der Waals surface area contributed by atoms with E-state index in [9.17, 15) is 0 Å². The lowest BCUT2D eigenvalue weighted by molar-refractivity contribution is 0.0846. The zero-order valence-electron chi connectivity index (χ0n) is 10.6. The topological polar surface area (TPSA) is 75.2 Å². The van der Waals surface area contributed by atoms with Gasteiger partial charge in [0.2, 0.25) is 0 Å². The van der Waals surface area contributed by atoms with E-state index in [4.69, 9.17) is 15.9 Å². The fraction of sp³-hybridized carbons (Fsp3) is 0.500. The molecule has 0 unspecified atom stereocenters. The van der Waals surface area contributed by atoms with Gasteiger partial charge in [0.1, 0.15) is 11.5 Å². The van der Waals surface area contributed by atoms with Crippen molar-refractivity contribution in [2.45, 2.75) is 20.0 Å². The normalized spacial score (nSPS) is 10.6. The van der Waals surface area contributed by atoms with Gasteiger partial charge in [-0.15, -0.1) is 0 Å². The van der Waals surface area contributed by atoms with Crippen LogP contribution >= 0.6 is 0 Å². The highest BCUT2D eigenvalue weighted by atomic mass is 16.5. The molecule has 0 saturated heterocycles. The molecule has 0 aromatic carbocycles. The average Bonchev–Trinajstić information content (AvgIpc) is 2.28. The number of nitrogens with one attached hydrogen (secondary N) is 1. The van der Waals surface area contributed by atoms with Gasteiger partial charge >= 0.3 is 0 Å². The second kappa shape index (κ2) is 6.20. The van der Waals surface area contributed by atoms with E-state index in [1.165, 1.54) is 0 Å². The molecular formula is C12H20N4O. The van der Waals surface area contributed by atoms with Crippen molar-refractivity contribution in [3.05, 3.63) is 24.0 Å². The highest BCUT2D eigenvalue weighted by Crippen LogP contribution is 2.12. The maximum atomic E-state index is 7.34. The molecule has 1 rings (SSSR count). The summed E-state index contributed by atoms with van der Waals surface area (Å²) < 4.78 is 5.49. The quantitative estimate of drug-likeness (QED) is 0.575. The fourth-order valence-electron chi connectivity index (χ4n) is 1.36. The minimum absolute atomic E-state index is 0.0151. The molecule has 0 fully saturated rings. The summed E-state index contributed by atoms with van der Waals surface area (Å²) in [7, 11) is 1.98. The third kappa shape index (κ3) is 4.40. The molecule has 1 aromatic heterocycles. The van der Waals surface area contributed by atoms with Gasteiger partial charge in [-0.1, -0.05) is 0 Å². The average molecular weight is 236 g/mol. The summed E-state index contributed by atoms with van der Waals surface area (Å²) >= 11 is 0. The zero-order valence-corrected chi connectivity index (χ0v) is 10.6. The van der Waals surface area contributed by atoms with Crippen LogP contribution in [0.1, 0.15) is 19.5 Å². The van der Waals surface area contributed by atoms with Gasteiger partial charge in [-0.25, -0.2) is 0 Å². The minimum atomic E-state index is -0.0151. The van der Waals surface area contributed by atoms with Gasteiger partial charge in [0.15, 0.2) is 0 Å². The Bertz CT molecular complexity index is 379. The van der Waals surface area contributed by atoms with Crippen LogP contribution < -0.4 is 10.6 Å². The third-order valence-electron chi connectivity index (χ3n) is 2.34. The number of nitrogens with two attached hydrogens (primary N) is 1. The van der Waals surface area contributed by atoms with E-state index >= 15 is 0 Å². The number of hydrogen-bond donors (Lipinski definition) is 2. The zero-order chi connectivity index (χ0) is 12.8. The van der Waals surface area contributed by atoms with E-state index in [1.807, 2.05) is 27.0 Å². The Hall–Kier alpha value is -1.62. The van der Waals surface area contributed by atoms with E-state index in [1.54, 1.807) is 12.3 Å². The largest absolute Gasteiger partial charge is 0.382 e. The van der Waals surface area contributed by atoms with Crippen LogP contribution in [-0.2, 0) is 4.74 Å². The van der Waals surface area contributed by atoms with Gasteiger partial charge in [-0.05, 0) is 26.0 Å². The number of hydrogen-bond acceptors (Lipinski definition) is 4. The van der Waals surface area contributed by atoms with Crippen LogP contribution in [-0.4, -0.2) is 37.1 Å². The predicted octanol–water partition coefficient (Wildman–Crippen LogP) is 1.23. The second-order valence-corrected chi connectivity index (χ2v) is 4.15. The van der Waals surface area contributed by atoms with Crippen molar-refractivity contribution in [2.24, 2.45) is 5.73 Å². The van der Waals surface area contributed by atoms with Crippen molar-refractivity contribution in [1.29, 1.82) is 5.41 Å². The van der Waals surface area contributed by atoms with Gasteiger partial charge in [-0.2, -0.15) is 0 Å². The fourth-order valence-corrected chi connectivity index (χ4v) is 1.36. The number of amidine groups is 1. The monoisotopic (exact) mass is 236 g/mol. The summed E-state index contributed by atoms with van der Waals surface area (Å²) in [6.07, 6.45) is 1.90. The van der Waals surface area contributed by atoms with Crippen LogP contribution in [0, 0.1) is 5.41 Å². The first kappa shape index (κ1) is 13.4. The van der Waals surface area contributed by atoms with Crippen molar-refractivity contribution >= 4 is 11.5 Å². The molecule has 0 atom stereocenters. The summed E-state index contributed by atoms with van der Waals surface area (Å²) in [5.41, 5.74) is 6.88. The van der Waals surface area contributed by atoms with E-state index < -0.39 is 0 Å². The van der Waals surface area contributed by atoms with Crippen LogP contribution in [0.4, 0.5) is 5.69 Å². The number of ether oxygens (including phenoxy) is 1. The summed E-state index contributed by atoms with van der Waals surface area (Å²) in [4.78, 5) is 6.07. The minimum Gasteiger partial charge on any atom is -0.382 e. The van der Waals surface area contributed by atoms with Crippen molar-refractivity contribution in [3.8, 4) is 0 Å². The lowest BCUT2D eigenvalue weighted by atomic mass is 10.3. The SMILES string of the molecule is CC(C)OCCN(C)c1ccnc(C(=N)N)c1. The molecule has 17 heavy (non-hydrogen) atoms. The summed E-state index contributed by atoms with van der Waals surface area (Å²) in [6.45, 7) is 5.49. The molecule has 0 aliphatic carbocycles. The van der Waals surface area contributed by atoms with E-state index in [0.717, 1.165) is 12.2 Å². The molecule has 0 aliphatic rings. The van der Waals surface area contributed by atoms with Gasteiger partial charge in [0.25, 0.3) is 0 Å². The molecule has 0 bridgehead atoms. The molecule has 0 spiro atoms. The summed E-state index contributed by atoms with van der Waals surface area (Å²) in [5, 5.41) is 7.34. The van der Waals surface area contributed by atoms with Crippen molar-refractivity contribution in [1.82, 2.24) is 4.98 Å². The molecule has 1 aromatic rings. The van der Waals surface area contributed by atoms with Gasteiger partial charge in [0.05, 0.1) is 12.7 Å². The Kier molecular flexibility index (Phi) is 4.90. The van der Waals surface area contributed by atoms with Gasteiger partial charge in [-0.3, -0.25) is 10.4 Å².